The van der Waals surface area contributed by atoms with Crippen molar-refractivity contribution in [1.82, 2.24) is 25.0 Å². The van der Waals surface area contributed by atoms with E-state index in [1.54, 1.807) is 0 Å². The highest BCUT2D eigenvalue weighted by atomic mass is 32.2. The third-order valence-corrected chi connectivity index (χ3v) is 2.03. The van der Waals surface area contributed by atoms with E-state index in [2.05, 4.69) is 20.3 Å². The maximum atomic E-state index is 10.6. The molecule has 1 unspecified atom stereocenters. The molecular weight excluding hydrogens is 206 g/mol. The first-order valence-electron chi connectivity index (χ1n) is 3.57. The molecule has 0 spiro atoms. The SMILES string of the molecule is O=S(O)c1ccc(-n2cncn2)nn1. The van der Waals surface area contributed by atoms with Crippen molar-refractivity contribution in [3.05, 3.63) is 24.8 Å². The van der Waals surface area contributed by atoms with E-state index in [-0.39, 0.29) is 5.03 Å². The van der Waals surface area contributed by atoms with Gasteiger partial charge in [-0.3, -0.25) is 0 Å². The molecule has 7 nitrogen and oxygen atoms in total. The molecule has 14 heavy (non-hydrogen) atoms. The zero-order chi connectivity index (χ0) is 9.97. The second kappa shape index (κ2) is 3.60. The average molecular weight is 211 g/mol. The van der Waals surface area contributed by atoms with Crippen molar-refractivity contribution in [1.29, 1.82) is 0 Å². The van der Waals surface area contributed by atoms with Crippen LogP contribution in [0.15, 0.2) is 29.8 Å². The molecule has 0 bridgehead atoms. The minimum atomic E-state index is -2.10. The van der Waals surface area contributed by atoms with Gasteiger partial charge in [-0.05, 0) is 12.1 Å². The lowest BCUT2D eigenvalue weighted by molar-refractivity contribution is 0.558. The summed E-state index contributed by atoms with van der Waals surface area (Å²) in [5.41, 5.74) is 0. The molecule has 0 radical (unpaired) electrons. The zero-order valence-corrected chi connectivity index (χ0v) is 7.63. The van der Waals surface area contributed by atoms with E-state index in [1.807, 2.05) is 0 Å². The van der Waals surface area contributed by atoms with E-state index < -0.39 is 11.1 Å². The summed E-state index contributed by atoms with van der Waals surface area (Å²) in [6.45, 7) is 0. The fraction of sp³-hybridized carbons (Fsp3) is 0. The van der Waals surface area contributed by atoms with Crippen LogP contribution in [0.2, 0.25) is 0 Å². The minimum Gasteiger partial charge on any atom is -0.301 e. The summed E-state index contributed by atoms with van der Waals surface area (Å²) in [5.74, 6) is 0.441. The molecule has 0 aromatic carbocycles. The third-order valence-electron chi connectivity index (χ3n) is 1.46. The van der Waals surface area contributed by atoms with Crippen LogP contribution in [0, 0.1) is 0 Å². The highest BCUT2D eigenvalue weighted by molar-refractivity contribution is 7.79. The maximum absolute atomic E-state index is 10.6. The van der Waals surface area contributed by atoms with Gasteiger partial charge in [0.1, 0.15) is 12.7 Å². The van der Waals surface area contributed by atoms with Crippen molar-refractivity contribution >= 4 is 11.1 Å². The lowest BCUT2D eigenvalue weighted by Gasteiger charge is -1.97. The molecule has 8 heteroatoms. The van der Waals surface area contributed by atoms with E-state index in [0.29, 0.717) is 5.82 Å². The smallest absolute Gasteiger partial charge is 0.207 e. The van der Waals surface area contributed by atoms with Crippen LogP contribution in [0.5, 0.6) is 0 Å². The fourth-order valence-corrected chi connectivity index (χ4v) is 1.15. The summed E-state index contributed by atoms with van der Waals surface area (Å²) >= 11 is -2.10. The molecule has 2 heterocycles. The van der Waals surface area contributed by atoms with E-state index in [9.17, 15) is 4.21 Å². The van der Waals surface area contributed by atoms with Crippen molar-refractivity contribution in [3.63, 3.8) is 0 Å². The zero-order valence-electron chi connectivity index (χ0n) is 6.81. The lowest BCUT2D eigenvalue weighted by Crippen LogP contribution is -2.02. The van der Waals surface area contributed by atoms with E-state index in [4.69, 9.17) is 4.55 Å². The summed E-state index contributed by atoms with van der Waals surface area (Å²) in [4.78, 5) is 3.73. The summed E-state index contributed by atoms with van der Waals surface area (Å²) in [5, 5.41) is 11.1. The molecule has 0 saturated carbocycles. The second-order valence-corrected chi connectivity index (χ2v) is 3.24. The lowest BCUT2D eigenvalue weighted by atomic mass is 10.5. The van der Waals surface area contributed by atoms with Gasteiger partial charge in [0.25, 0.3) is 0 Å². The number of aromatic nitrogens is 5. The molecule has 2 aromatic rings. The van der Waals surface area contributed by atoms with Gasteiger partial charge < -0.3 is 4.55 Å². The van der Waals surface area contributed by atoms with Gasteiger partial charge in [-0.1, -0.05) is 0 Å². The minimum absolute atomic E-state index is 0.00821. The Morgan fingerprint density at radius 2 is 2.21 bits per heavy atom. The van der Waals surface area contributed by atoms with Crippen molar-refractivity contribution in [3.8, 4) is 5.82 Å². The van der Waals surface area contributed by atoms with Crippen molar-refractivity contribution < 1.29 is 8.76 Å². The normalized spacial score (nSPS) is 12.6. The van der Waals surface area contributed by atoms with Crippen LogP contribution in [-0.2, 0) is 11.1 Å². The highest BCUT2D eigenvalue weighted by Crippen LogP contribution is 2.02. The Morgan fingerprint density at radius 3 is 2.71 bits per heavy atom. The molecule has 0 amide bonds. The van der Waals surface area contributed by atoms with Crippen LogP contribution >= 0.6 is 0 Å². The van der Waals surface area contributed by atoms with E-state index in [1.165, 1.54) is 29.5 Å². The number of rotatable bonds is 2. The third kappa shape index (κ3) is 1.65. The van der Waals surface area contributed by atoms with Gasteiger partial charge >= 0.3 is 0 Å². The monoisotopic (exact) mass is 211 g/mol. The Balaban J connectivity index is 2.36. The van der Waals surface area contributed by atoms with Crippen molar-refractivity contribution in [2.45, 2.75) is 5.03 Å². The van der Waals surface area contributed by atoms with Gasteiger partial charge in [0.05, 0.1) is 0 Å². The Bertz CT molecular complexity index is 440. The van der Waals surface area contributed by atoms with Crippen LogP contribution in [0.4, 0.5) is 0 Å². The Morgan fingerprint density at radius 1 is 1.36 bits per heavy atom. The predicted molar refractivity (Wildman–Crippen MR) is 46.0 cm³/mol. The van der Waals surface area contributed by atoms with Gasteiger partial charge in [0, 0.05) is 0 Å². The van der Waals surface area contributed by atoms with Crippen LogP contribution in [-0.4, -0.2) is 33.7 Å². The molecule has 72 valence electrons. The molecule has 1 N–H and O–H groups in total. The topological polar surface area (TPSA) is 93.8 Å². The first kappa shape index (κ1) is 8.91. The van der Waals surface area contributed by atoms with E-state index in [0.717, 1.165) is 0 Å². The average Bonchev–Trinajstić information content (AvgIpc) is 2.71. The standard InChI is InChI=1S/C6H5N5O2S/c12-14(13)6-2-1-5(9-10-6)11-4-7-3-8-11/h1-4H,(H,12,13). The van der Waals surface area contributed by atoms with E-state index >= 15 is 0 Å². The molecule has 0 fully saturated rings. The summed E-state index contributed by atoms with van der Waals surface area (Å²) in [7, 11) is 0. The fourth-order valence-electron chi connectivity index (χ4n) is 0.855. The molecule has 0 aliphatic rings. The van der Waals surface area contributed by atoms with Crippen molar-refractivity contribution in [2.24, 2.45) is 0 Å². The first-order chi connectivity index (χ1) is 6.77. The summed E-state index contributed by atoms with van der Waals surface area (Å²) < 4.78 is 20.7. The molecular formula is C6H5N5O2S. The van der Waals surface area contributed by atoms with Gasteiger partial charge in [-0.2, -0.15) is 5.10 Å². The quantitative estimate of drug-likeness (QED) is 0.681. The number of hydrogen-bond acceptors (Lipinski definition) is 5. The molecule has 0 saturated heterocycles. The first-order valence-corrected chi connectivity index (χ1v) is 4.67. The number of nitrogens with zero attached hydrogens (tertiary/aromatic N) is 5. The Hall–Kier alpha value is -1.67. The van der Waals surface area contributed by atoms with Crippen LogP contribution in [0.25, 0.3) is 5.82 Å². The molecule has 0 aliphatic carbocycles. The molecule has 2 rings (SSSR count). The molecule has 0 aliphatic heterocycles. The number of hydrogen-bond donors (Lipinski definition) is 1. The second-order valence-electron chi connectivity index (χ2n) is 2.32. The van der Waals surface area contributed by atoms with Crippen molar-refractivity contribution in [2.75, 3.05) is 0 Å². The van der Waals surface area contributed by atoms with Crippen LogP contribution in [0.3, 0.4) is 0 Å². The Labute approximate surface area is 81.1 Å². The summed E-state index contributed by atoms with van der Waals surface area (Å²) in [6, 6.07) is 2.94. The molecule has 2 aromatic heterocycles. The Kier molecular flexibility index (Phi) is 2.29. The summed E-state index contributed by atoms with van der Waals surface area (Å²) in [6.07, 6.45) is 2.82. The van der Waals surface area contributed by atoms with Crippen LogP contribution in [0.1, 0.15) is 0 Å². The van der Waals surface area contributed by atoms with Gasteiger partial charge in [-0.25, -0.2) is 13.9 Å². The predicted octanol–water partition coefficient (Wildman–Crippen LogP) is -0.362. The van der Waals surface area contributed by atoms with Gasteiger partial charge in [-0.15, -0.1) is 10.2 Å². The highest BCUT2D eigenvalue weighted by Gasteiger charge is 2.03. The van der Waals surface area contributed by atoms with Crippen LogP contribution < -0.4 is 0 Å². The van der Waals surface area contributed by atoms with Gasteiger partial charge in [0.2, 0.25) is 11.1 Å². The molecule has 1 atom stereocenters. The maximum Gasteiger partial charge on any atom is 0.207 e. The van der Waals surface area contributed by atoms with Gasteiger partial charge in [0.15, 0.2) is 10.8 Å². The largest absolute Gasteiger partial charge is 0.301 e.